The number of methoxy groups -OCH3 is 1. The maximum Gasteiger partial charge on any atom is 0.416 e. The van der Waals surface area contributed by atoms with E-state index in [1.807, 2.05) is 0 Å². The number of rotatable bonds is 7. The van der Waals surface area contributed by atoms with E-state index in [2.05, 4.69) is 10.4 Å². The molecule has 1 heterocycles. The van der Waals surface area contributed by atoms with Gasteiger partial charge in [-0.3, -0.25) is 14.4 Å². The number of aromatic nitrogens is 2. The van der Waals surface area contributed by atoms with Gasteiger partial charge < -0.3 is 15.0 Å². The van der Waals surface area contributed by atoms with Crippen molar-refractivity contribution in [2.75, 3.05) is 25.5 Å². The van der Waals surface area contributed by atoms with Crippen LogP contribution in [-0.4, -0.2) is 46.7 Å². The summed E-state index contributed by atoms with van der Waals surface area (Å²) in [5.41, 5.74) is -1.44. The van der Waals surface area contributed by atoms with Crippen LogP contribution >= 0.6 is 0 Å². The smallest absolute Gasteiger partial charge is 0.416 e. The molecule has 35 heavy (non-hydrogen) atoms. The van der Waals surface area contributed by atoms with Gasteiger partial charge in [-0.25, -0.2) is 4.68 Å². The second kappa shape index (κ2) is 10.4. The Balaban J connectivity index is 1.89. The average Bonchev–Trinajstić information content (AvgIpc) is 2.82. The van der Waals surface area contributed by atoms with Crippen molar-refractivity contribution in [2.24, 2.45) is 0 Å². The van der Waals surface area contributed by atoms with Gasteiger partial charge in [0.2, 0.25) is 11.3 Å². The quantitative estimate of drug-likeness (QED) is 0.548. The Kier molecular flexibility index (Phi) is 7.58. The van der Waals surface area contributed by atoms with Gasteiger partial charge in [0.15, 0.2) is 5.69 Å². The summed E-state index contributed by atoms with van der Waals surface area (Å²) >= 11 is 0. The van der Waals surface area contributed by atoms with Gasteiger partial charge in [0, 0.05) is 18.3 Å². The van der Waals surface area contributed by atoms with Crippen LogP contribution in [0, 0.1) is 6.92 Å². The monoisotopic (exact) mass is 488 g/mol. The number of nitrogens with one attached hydrogen (secondary N) is 1. The molecule has 3 rings (SSSR count). The maximum absolute atomic E-state index is 13.1. The molecule has 1 aromatic heterocycles. The van der Waals surface area contributed by atoms with Crippen molar-refractivity contribution in [2.45, 2.75) is 20.0 Å². The number of anilines is 1. The van der Waals surface area contributed by atoms with Crippen LogP contribution in [0.2, 0.25) is 0 Å². The van der Waals surface area contributed by atoms with E-state index in [-0.39, 0.29) is 24.5 Å². The number of hydrogen-bond acceptors (Lipinski definition) is 5. The predicted octanol–water partition coefficient (Wildman–Crippen LogP) is 3.67. The highest BCUT2D eigenvalue weighted by molar-refractivity contribution is 5.99. The number of likely N-dealkylation sites (N-methyl/N-ethyl adjacent to an activating group) is 1. The zero-order valence-corrected chi connectivity index (χ0v) is 19.2. The van der Waals surface area contributed by atoms with Crippen LogP contribution in [0.1, 0.15) is 28.7 Å². The van der Waals surface area contributed by atoms with Crippen molar-refractivity contribution in [3.05, 3.63) is 81.8 Å². The molecule has 0 aliphatic carbocycles. The van der Waals surface area contributed by atoms with Crippen LogP contribution in [0.4, 0.5) is 18.9 Å². The zero-order valence-electron chi connectivity index (χ0n) is 19.2. The first-order valence-corrected chi connectivity index (χ1v) is 10.6. The molecule has 0 fully saturated rings. The lowest BCUT2D eigenvalue weighted by atomic mass is 10.2. The topological polar surface area (TPSA) is 93.5 Å². The Bertz CT molecular complexity index is 1300. The number of amides is 2. The second-order valence-electron chi connectivity index (χ2n) is 7.53. The number of carbonyl (C=O) groups excluding carboxylic acids is 2. The van der Waals surface area contributed by atoms with Crippen molar-refractivity contribution in [1.82, 2.24) is 14.7 Å². The lowest BCUT2D eigenvalue weighted by Gasteiger charge is -2.21. The number of carbonyl (C=O) groups is 2. The molecule has 0 aliphatic rings. The average molecular weight is 488 g/mol. The minimum Gasteiger partial charge on any atom is -0.495 e. The summed E-state index contributed by atoms with van der Waals surface area (Å²) < 4.78 is 45.7. The molecular formula is C24H23F3N4O4. The van der Waals surface area contributed by atoms with Crippen LogP contribution < -0.4 is 15.5 Å². The Morgan fingerprint density at radius 2 is 1.83 bits per heavy atom. The first kappa shape index (κ1) is 25.5. The van der Waals surface area contributed by atoms with E-state index in [0.29, 0.717) is 11.4 Å². The number of halogens is 3. The fraction of sp³-hybridized carbons (Fsp3) is 0.250. The third-order valence-corrected chi connectivity index (χ3v) is 5.11. The number of nitrogens with zero attached hydrogens (tertiary/aromatic N) is 3. The van der Waals surface area contributed by atoms with Gasteiger partial charge in [0.1, 0.15) is 12.3 Å². The number of alkyl halides is 3. The molecule has 0 spiro atoms. The Hall–Kier alpha value is -4.15. The molecule has 0 aliphatic heterocycles. The van der Waals surface area contributed by atoms with Crippen molar-refractivity contribution in [1.29, 1.82) is 0 Å². The summed E-state index contributed by atoms with van der Waals surface area (Å²) in [6, 6.07) is 12.2. The van der Waals surface area contributed by atoms with E-state index in [4.69, 9.17) is 4.74 Å². The molecule has 0 unspecified atom stereocenters. The molecule has 2 amide bonds. The van der Waals surface area contributed by atoms with Gasteiger partial charge in [0.05, 0.1) is 24.0 Å². The first-order valence-electron chi connectivity index (χ1n) is 10.6. The van der Waals surface area contributed by atoms with Crippen LogP contribution in [0.3, 0.4) is 0 Å². The van der Waals surface area contributed by atoms with E-state index in [0.717, 1.165) is 27.8 Å². The minimum absolute atomic E-state index is 0.0309. The lowest BCUT2D eigenvalue weighted by Crippen LogP contribution is -2.41. The molecule has 0 bridgehead atoms. The molecule has 0 radical (unpaired) electrons. The lowest BCUT2D eigenvalue weighted by molar-refractivity contribution is -0.137. The van der Waals surface area contributed by atoms with Crippen LogP contribution in [0.5, 0.6) is 5.75 Å². The minimum atomic E-state index is -4.57. The van der Waals surface area contributed by atoms with Crippen molar-refractivity contribution >= 4 is 17.5 Å². The van der Waals surface area contributed by atoms with Gasteiger partial charge in [-0.15, -0.1) is 0 Å². The Morgan fingerprint density at radius 3 is 2.49 bits per heavy atom. The predicted molar refractivity (Wildman–Crippen MR) is 123 cm³/mol. The fourth-order valence-corrected chi connectivity index (χ4v) is 3.36. The van der Waals surface area contributed by atoms with Gasteiger partial charge in [-0.05, 0) is 44.2 Å². The largest absolute Gasteiger partial charge is 0.495 e. The third kappa shape index (κ3) is 5.86. The highest BCUT2D eigenvalue weighted by Crippen LogP contribution is 2.30. The number of benzene rings is 2. The molecule has 0 saturated heterocycles. The van der Waals surface area contributed by atoms with Crippen molar-refractivity contribution < 1.29 is 27.5 Å². The first-order chi connectivity index (χ1) is 16.5. The molecule has 0 atom stereocenters. The molecular weight excluding hydrogens is 465 g/mol. The number of aryl methyl sites for hydroxylation is 1. The van der Waals surface area contributed by atoms with E-state index in [9.17, 15) is 27.6 Å². The molecule has 8 nitrogen and oxygen atoms in total. The highest BCUT2D eigenvalue weighted by atomic mass is 19.4. The van der Waals surface area contributed by atoms with Gasteiger partial charge >= 0.3 is 6.18 Å². The van der Waals surface area contributed by atoms with Crippen LogP contribution in [0.25, 0.3) is 5.69 Å². The Labute approximate surface area is 198 Å². The van der Waals surface area contributed by atoms with Crippen LogP contribution in [0.15, 0.2) is 59.4 Å². The summed E-state index contributed by atoms with van der Waals surface area (Å²) in [5.74, 6) is -0.928. The summed E-state index contributed by atoms with van der Waals surface area (Å²) in [7, 11) is 1.45. The Morgan fingerprint density at radius 1 is 1.11 bits per heavy atom. The SMILES string of the molecule is CCN(CC(=O)Nc1ccccc1OC)C(=O)c1nn(-c2cccc(C(F)(F)F)c2)c(C)cc1=O. The number of ether oxygens (including phenoxy) is 1. The summed E-state index contributed by atoms with van der Waals surface area (Å²) in [6.45, 7) is 2.80. The van der Waals surface area contributed by atoms with Gasteiger partial charge in [0.25, 0.3) is 5.91 Å². The summed E-state index contributed by atoms with van der Waals surface area (Å²) in [6.07, 6.45) is -4.57. The van der Waals surface area contributed by atoms with E-state index in [1.54, 1.807) is 31.2 Å². The standard InChI is InChI=1S/C24H23F3N4O4/c1-4-30(14-21(33)28-18-10-5-6-11-20(18)35-3)23(34)22-19(32)12-15(2)31(29-22)17-9-7-8-16(13-17)24(25,26)27/h5-13H,4,14H2,1-3H3,(H,28,33). The summed E-state index contributed by atoms with van der Waals surface area (Å²) in [4.78, 5) is 39.3. The number of hydrogen-bond donors (Lipinski definition) is 1. The zero-order chi connectivity index (χ0) is 25.8. The van der Waals surface area contributed by atoms with Crippen molar-refractivity contribution in [3.63, 3.8) is 0 Å². The second-order valence-corrected chi connectivity index (χ2v) is 7.53. The van der Waals surface area contributed by atoms with Gasteiger partial charge in [-0.2, -0.15) is 18.3 Å². The molecule has 3 aromatic rings. The maximum atomic E-state index is 13.1. The normalized spacial score (nSPS) is 11.1. The molecule has 11 heteroatoms. The highest BCUT2D eigenvalue weighted by Gasteiger charge is 2.31. The van der Waals surface area contributed by atoms with E-state index in [1.165, 1.54) is 26.2 Å². The fourth-order valence-electron chi connectivity index (χ4n) is 3.36. The summed E-state index contributed by atoms with van der Waals surface area (Å²) in [5, 5.41) is 6.69. The van der Waals surface area contributed by atoms with Crippen LogP contribution in [-0.2, 0) is 11.0 Å². The van der Waals surface area contributed by atoms with Gasteiger partial charge in [-0.1, -0.05) is 18.2 Å². The van der Waals surface area contributed by atoms with Crippen molar-refractivity contribution in [3.8, 4) is 11.4 Å². The van der Waals surface area contributed by atoms with E-state index < -0.39 is 34.7 Å². The number of para-hydroxylation sites is 2. The molecule has 0 saturated carbocycles. The molecule has 184 valence electrons. The third-order valence-electron chi connectivity index (χ3n) is 5.11. The van der Waals surface area contributed by atoms with E-state index >= 15 is 0 Å². The molecule has 1 N–H and O–H groups in total. The molecule has 2 aromatic carbocycles.